The van der Waals surface area contributed by atoms with Crippen LogP contribution in [0.25, 0.3) is 0 Å². The molecule has 6 nitrogen and oxygen atoms in total. The van der Waals surface area contributed by atoms with E-state index in [1.54, 1.807) is 19.2 Å². The summed E-state index contributed by atoms with van der Waals surface area (Å²) < 4.78 is 45.2. The Balaban J connectivity index is 2.35. The number of anilines is 2. The van der Waals surface area contributed by atoms with Gasteiger partial charge in [-0.15, -0.1) is 0 Å². The quantitative estimate of drug-likeness (QED) is 0.883. The van der Waals surface area contributed by atoms with Crippen molar-refractivity contribution in [2.24, 2.45) is 0 Å². The number of aromatic nitrogens is 1. The number of nitrogens with zero attached hydrogens (tertiary/aromatic N) is 1. The van der Waals surface area contributed by atoms with Crippen LogP contribution in [0.15, 0.2) is 41.6 Å². The van der Waals surface area contributed by atoms with Crippen molar-refractivity contribution in [2.75, 3.05) is 24.2 Å². The largest absolute Gasteiger partial charge is 0.494 e. The molecule has 1 aromatic carbocycles. The molecule has 8 heteroatoms. The molecule has 2 rings (SSSR count). The van der Waals surface area contributed by atoms with Gasteiger partial charge in [-0.1, -0.05) is 0 Å². The number of rotatable bonds is 5. The minimum Gasteiger partial charge on any atom is -0.494 e. The van der Waals surface area contributed by atoms with E-state index in [-0.39, 0.29) is 16.5 Å². The molecule has 0 saturated carbocycles. The SMILES string of the molecule is CNc1cccnc1S(=O)(=O)Nc1ccc(OC)c(F)c1. The Morgan fingerprint density at radius 2 is 2.05 bits per heavy atom. The van der Waals surface area contributed by atoms with Gasteiger partial charge in [0.05, 0.1) is 18.5 Å². The number of methoxy groups -OCH3 is 1. The molecular weight excluding hydrogens is 297 g/mol. The van der Waals surface area contributed by atoms with Crippen molar-refractivity contribution in [3.8, 4) is 5.75 Å². The zero-order valence-corrected chi connectivity index (χ0v) is 12.2. The van der Waals surface area contributed by atoms with Gasteiger partial charge in [0.15, 0.2) is 16.6 Å². The number of halogens is 1. The monoisotopic (exact) mass is 311 g/mol. The van der Waals surface area contributed by atoms with Crippen molar-refractivity contribution < 1.29 is 17.5 Å². The maximum Gasteiger partial charge on any atom is 0.281 e. The maximum absolute atomic E-state index is 13.6. The Bertz CT molecular complexity index is 750. The molecule has 1 aromatic heterocycles. The van der Waals surface area contributed by atoms with Crippen LogP contribution in [0.5, 0.6) is 5.75 Å². The summed E-state index contributed by atoms with van der Waals surface area (Å²) in [4.78, 5) is 3.84. The Labute approximate surface area is 122 Å². The summed E-state index contributed by atoms with van der Waals surface area (Å²) in [6.07, 6.45) is 1.37. The van der Waals surface area contributed by atoms with E-state index in [1.165, 1.54) is 25.4 Å². The predicted molar refractivity (Wildman–Crippen MR) is 77.5 cm³/mol. The Kier molecular flexibility index (Phi) is 4.27. The van der Waals surface area contributed by atoms with Gasteiger partial charge in [0.1, 0.15) is 0 Å². The average molecular weight is 311 g/mol. The van der Waals surface area contributed by atoms with Gasteiger partial charge in [-0.05, 0) is 24.3 Å². The van der Waals surface area contributed by atoms with E-state index in [9.17, 15) is 12.8 Å². The number of hydrogen-bond donors (Lipinski definition) is 2. The van der Waals surface area contributed by atoms with Crippen LogP contribution in [0.3, 0.4) is 0 Å². The highest BCUT2D eigenvalue weighted by molar-refractivity contribution is 7.92. The van der Waals surface area contributed by atoms with Gasteiger partial charge in [-0.3, -0.25) is 4.72 Å². The van der Waals surface area contributed by atoms with Crippen LogP contribution in [0.4, 0.5) is 15.8 Å². The first-order chi connectivity index (χ1) is 9.97. The topological polar surface area (TPSA) is 80.3 Å². The fraction of sp³-hybridized carbons (Fsp3) is 0.154. The number of sulfonamides is 1. The van der Waals surface area contributed by atoms with Gasteiger partial charge < -0.3 is 10.1 Å². The van der Waals surface area contributed by atoms with Crippen LogP contribution < -0.4 is 14.8 Å². The number of ether oxygens (including phenoxy) is 1. The van der Waals surface area contributed by atoms with Crippen molar-refractivity contribution in [3.05, 3.63) is 42.3 Å². The van der Waals surface area contributed by atoms with Crippen LogP contribution in [0.1, 0.15) is 0 Å². The lowest BCUT2D eigenvalue weighted by Gasteiger charge is -2.11. The van der Waals surface area contributed by atoms with Gasteiger partial charge in [0.2, 0.25) is 0 Å². The Morgan fingerprint density at radius 1 is 1.29 bits per heavy atom. The molecule has 0 aliphatic rings. The van der Waals surface area contributed by atoms with E-state index >= 15 is 0 Å². The molecule has 0 amide bonds. The summed E-state index contributed by atoms with van der Waals surface area (Å²) >= 11 is 0. The molecule has 1 heterocycles. The first-order valence-corrected chi connectivity index (χ1v) is 7.45. The first kappa shape index (κ1) is 15.0. The molecule has 0 radical (unpaired) electrons. The van der Waals surface area contributed by atoms with E-state index in [1.807, 2.05) is 0 Å². The van der Waals surface area contributed by atoms with Gasteiger partial charge in [-0.2, -0.15) is 8.42 Å². The van der Waals surface area contributed by atoms with Crippen LogP contribution >= 0.6 is 0 Å². The third kappa shape index (κ3) is 3.22. The number of hydrogen-bond acceptors (Lipinski definition) is 5. The summed E-state index contributed by atoms with van der Waals surface area (Å²) in [6, 6.07) is 6.97. The van der Waals surface area contributed by atoms with Gasteiger partial charge in [-0.25, -0.2) is 9.37 Å². The number of nitrogens with one attached hydrogen (secondary N) is 2. The first-order valence-electron chi connectivity index (χ1n) is 5.97. The summed E-state index contributed by atoms with van der Waals surface area (Å²) in [7, 11) is -1.01. The lowest BCUT2D eigenvalue weighted by molar-refractivity contribution is 0.386. The smallest absolute Gasteiger partial charge is 0.281 e. The van der Waals surface area contributed by atoms with Crippen molar-refractivity contribution in [1.29, 1.82) is 0 Å². The molecule has 0 aliphatic heterocycles. The molecule has 0 fully saturated rings. The molecule has 112 valence electrons. The molecule has 0 spiro atoms. The standard InChI is InChI=1S/C13H14FN3O3S/c1-15-11-4-3-7-16-13(11)21(18,19)17-9-5-6-12(20-2)10(14)8-9/h3-8,15,17H,1-2H3. The van der Waals surface area contributed by atoms with E-state index in [0.29, 0.717) is 5.69 Å². The second-order valence-corrected chi connectivity index (χ2v) is 5.66. The highest BCUT2D eigenvalue weighted by atomic mass is 32.2. The van der Waals surface area contributed by atoms with Crippen molar-refractivity contribution in [3.63, 3.8) is 0 Å². The molecule has 0 bridgehead atoms. The fourth-order valence-corrected chi connectivity index (χ4v) is 2.92. The van der Waals surface area contributed by atoms with Crippen molar-refractivity contribution >= 4 is 21.4 Å². The zero-order valence-electron chi connectivity index (χ0n) is 11.4. The minimum atomic E-state index is -3.92. The highest BCUT2D eigenvalue weighted by Crippen LogP contribution is 2.24. The van der Waals surface area contributed by atoms with Crippen LogP contribution in [0, 0.1) is 5.82 Å². The summed E-state index contributed by atoms with van der Waals surface area (Å²) in [5.41, 5.74) is 0.431. The molecule has 0 atom stereocenters. The van der Waals surface area contributed by atoms with Crippen molar-refractivity contribution in [1.82, 2.24) is 4.98 Å². The number of benzene rings is 1. The minimum absolute atomic E-state index is 0.0340. The third-order valence-electron chi connectivity index (χ3n) is 2.70. The van der Waals surface area contributed by atoms with E-state index < -0.39 is 15.8 Å². The average Bonchev–Trinajstić information content (AvgIpc) is 2.47. The summed E-state index contributed by atoms with van der Waals surface area (Å²) in [5.74, 6) is -0.626. The highest BCUT2D eigenvalue weighted by Gasteiger charge is 2.20. The van der Waals surface area contributed by atoms with E-state index in [4.69, 9.17) is 4.74 Å². The fourth-order valence-electron chi connectivity index (χ4n) is 1.73. The van der Waals surface area contributed by atoms with E-state index in [2.05, 4.69) is 15.0 Å². The number of pyridine rings is 1. The van der Waals surface area contributed by atoms with E-state index in [0.717, 1.165) is 6.07 Å². The second-order valence-electron chi connectivity index (χ2n) is 4.06. The van der Waals surface area contributed by atoms with Gasteiger partial charge in [0, 0.05) is 19.3 Å². The van der Waals surface area contributed by atoms with Gasteiger partial charge in [0.25, 0.3) is 10.0 Å². The summed E-state index contributed by atoms with van der Waals surface area (Å²) in [6.45, 7) is 0. The zero-order chi connectivity index (χ0) is 15.5. The van der Waals surface area contributed by atoms with Crippen LogP contribution in [-0.2, 0) is 10.0 Å². The Morgan fingerprint density at radius 3 is 2.67 bits per heavy atom. The molecule has 0 unspecified atom stereocenters. The summed E-state index contributed by atoms with van der Waals surface area (Å²) in [5, 5.41) is 2.58. The normalized spacial score (nSPS) is 11.0. The molecule has 0 aliphatic carbocycles. The third-order valence-corrected chi connectivity index (χ3v) is 4.04. The van der Waals surface area contributed by atoms with Crippen LogP contribution in [0.2, 0.25) is 0 Å². The molecule has 21 heavy (non-hydrogen) atoms. The Hall–Kier alpha value is -2.35. The maximum atomic E-state index is 13.6. The molecule has 2 N–H and O–H groups in total. The van der Waals surface area contributed by atoms with Gasteiger partial charge >= 0.3 is 0 Å². The second kappa shape index (κ2) is 5.96. The lowest BCUT2D eigenvalue weighted by Crippen LogP contribution is -2.16. The lowest BCUT2D eigenvalue weighted by atomic mass is 10.3. The van der Waals surface area contributed by atoms with Crippen molar-refractivity contribution in [2.45, 2.75) is 5.03 Å². The molecule has 2 aromatic rings. The molecular formula is C13H14FN3O3S. The predicted octanol–water partition coefficient (Wildman–Crippen LogP) is 2.07. The van der Waals surface area contributed by atoms with Crippen LogP contribution in [-0.4, -0.2) is 27.6 Å². The molecule has 0 saturated heterocycles.